The fourth-order valence-corrected chi connectivity index (χ4v) is 1.81. The quantitative estimate of drug-likeness (QED) is 0.677. The van der Waals surface area contributed by atoms with Gasteiger partial charge in [-0.2, -0.15) is 0 Å². The number of nitro benzene ring substituents is 1. The number of ether oxygens (including phenoxy) is 1. The van der Waals surface area contributed by atoms with Crippen LogP contribution in [0.25, 0.3) is 0 Å². The van der Waals surface area contributed by atoms with E-state index >= 15 is 0 Å². The number of nitrogens with zero attached hydrogens (tertiary/aromatic N) is 1. The van der Waals surface area contributed by atoms with Crippen molar-refractivity contribution in [2.24, 2.45) is 0 Å². The number of aliphatic hydroxyl groups excluding tert-OH is 1. The summed E-state index contributed by atoms with van der Waals surface area (Å²) in [6.45, 7) is 1.49. The average Bonchev–Trinajstić information content (AvgIpc) is 2.43. The van der Waals surface area contributed by atoms with Gasteiger partial charge in [0.15, 0.2) is 0 Å². The van der Waals surface area contributed by atoms with Crippen LogP contribution in [0.5, 0.6) is 11.5 Å². The SMILES string of the molecule is C[C@H](O)c1ccc(Oc2ccc(Cl)c(F)c2)c([N+](=O)[O-])c1. The van der Waals surface area contributed by atoms with Crippen molar-refractivity contribution in [3.05, 3.63) is 62.9 Å². The van der Waals surface area contributed by atoms with Crippen LogP contribution in [0, 0.1) is 15.9 Å². The molecule has 0 unspecified atom stereocenters. The van der Waals surface area contributed by atoms with Gasteiger partial charge in [-0.25, -0.2) is 4.39 Å². The summed E-state index contributed by atoms with van der Waals surface area (Å²) in [5.41, 5.74) is 0.0695. The second-order valence-electron chi connectivity index (χ2n) is 4.34. The van der Waals surface area contributed by atoms with E-state index in [4.69, 9.17) is 16.3 Å². The Morgan fingerprint density at radius 3 is 2.62 bits per heavy atom. The minimum atomic E-state index is -0.842. The molecule has 0 saturated carbocycles. The summed E-state index contributed by atoms with van der Waals surface area (Å²) < 4.78 is 18.7. The molecule has 7 heteroatoms. The third-order valence-electron chi connectivity index (χ3n) is 2.78. The normalized spacial score (nSPS) is 12.0. The summed E-state index contributed by atoms with van der Waals surface area (Å²) in [5.74, 6) is -0.645. The molecular formula is C14H11ClFNO4. The predicted octanol–water partition coefficient (Wildman–Crippen LogP) is 4.23. The van der Waals surface area contributed by atoms with E-state index in [1.165, 1.54) is 37.3 Å². The van der Waals surface area contributed by atoms with E-state index in [0.717, 1.165) is 6.07 Å². The molecule has 0 heterocycles. The van der Waals surface area contributed by atoms with Crippen molar-refractivity contribution in [2.75, 3.05) is 0 Å². The Labute approximate surface area is 124 Å². The van der Waals surface area contributed by atoms with Gasteiger partial charge in [0.25, 0.3) is 0 Å². The van der Waals surface area contributed by atoms with Gasteiger partial charge >= 0.3 is 5.69 Å². The average molecular weight is 312 g/mol. The van der Waals surface area contributed by atoms with E-state index in [9.17, 15) is 19.6 Å². The minimum Gasteiger partial charge on any atom is -0.450 e. The Bertz CT molecular complexity index is 691. The van der Waals surface area contributed by atoms with Gasteiger partial charge in [0, 0.05) is 12.1 Å². The number of benzene rings is 2. The van der Waals surface area contributed by atoms with Crippen LogP contribution in [0.15, 0.2) is 36.4 Å². The maximum Gasteiger partial charge on any atom is 0.311 e. The number of halogens is 2. The van der Waals surface area contributed by atoms with Crippen molar-refractivity contribution in [3.63, 3.8) is 0 Å². The van der Waals surface area contributed by atoms with Crippen LogP contribution in [0.4, 0.5) is 10.1 Å². The highest BCUT2D eigenvalue weighted by atomic mass is 35.5. The molecule has 0 saturated heterocycles. The van der Waals surface area contributed by atoms with Crippen molar-refractivity contribution in [1.29, 1.82) is 0 Å². The van der Waals surface area contributed by atoms with E-state index in [1.807, 2.05) is 0 Å². The van der Waals surface area contributed by atoms with Crippen LogP contribution in [-0.4, -0.2) is 10.0 Å². The molecular weight excluding hydrogens is 301 g/mol. The molecule has 0 aliphatic carbocycles. The van der Waals surface area contributed by atoms with Gasteiger partial charge in [-0.3, -0.25) is 10.1 Å². The third-order valence-corrected chi connectivity index (χ3v) is 3.09. The summed E-state index contributed by atoms with van der Waals surface area (Å²) in [5, 5.41) is 20.4. The molecule has 110 valence electrons. The van der Waals surface area contributed by atoms with Gasteiger partial charge in [-0.05, 0) is 30.7 Å². The van der Waals surface area contributed by atoms with Gasteiger partial charge in [-0.15, -0.1) is 0 Å². The zero-order valence-electron chi connectivity index (χ0n) is 10.9. The molecule has 5 nitrogen and oxygen atoms in total. The van der Waals surface area contributed by atoms with E-state index < -0.39 is 16.8 Å². The fourth-order valence-electron chi connectivity index (χ4n) is 1.69. The van der Waals surface area contributed by atoms with Crippen LogP contribution in [0.1, 0.15) is 18.6 Å². The van der Waals surface area contributed by atoms with Crippen LogP contribution in [0.2, 0.25) is 5.02 Å². The first-order chi connectivity index (χ1) is 9.88. The standard InChI is InChI=1S/C14H11ClFNO4/c1-8(18)9-2-5-14(13(6-9)17(19)20)21-10-3-4-11(15)12(16)7-10/h2-8,18H,1H3/t8-/m0/s1. The summed E-state index contributed by atoms with van der Waals surface area (Å²) in [4.78, 5) is 10.4. The maximum atomic E-state index is 13.3. The third kappa shape index (κ3) is 3.48. The van der Waals surface area contributed by atoms with Gasteiger partial charge in [0.05, 0.1) is 16.0 Å². The molecule has 1 N–H and O–H groups in total. The highest BCUT2D eigenvalue weighted by Gasteiger charge is 2.18. The molecule has 2 aromatic carbocycles. The van der Waals surface area contributed by atoms with Gasteiger partial charge in [-0.1, -0.05) is 17.7 Å². The van der Waals surface area contributed by atoms with Gasteiger partial charge in [0.2, 0.25) is 5.75 Å². The summed E-state index contributed by atoms with van der Waals surface area (Å²) >= 11 is 5.55. The van der Waals surface area contributed by atoms with Crippen molar-refractivity contribution >= 4 is 17.3 Å². The van der Waals surface area contributed by atoms with E-state index in [0.29, 0.717) is 5.56 Å². The van der Waals surface area contributed by atoms with Crippen LogP contribution in [-0.2, 0) is 0 Å². The number of nitro groups is 1. The number of aliphatic hydroxyl groups is 1. The van der Waals surface area contributed by atoms with Crippen molar-refractivity contribution < 1.29 is 19.2 Å². The summed E-state index contributed by atoms with van der Waals surface area (Å²) in [6, 6.07) is 7.80. The molecule has 0 spiro atoms. The predicted molar refractivity (Wildman–Crippen MR) is 75.2 cm³/mol. The Kier molecular flexibility index (Phi) is 4.40. The second kappa shape index (κ2) is 6.07. The highest BCUT2D eigenvalue weighted by molar-refractivity contribution is 6.30. The molecule has 21 heavy (non-hydrogen) atoms. The first-order valence-electron chi connectivity index (χ1n) is 5.98. The minimum absolute atomic E-state index is 0.0499. The van der Waals surface area contributed by atoms with E-state index in [1.54, 1.807) is 0 Å². The molecule has 1 atom stereocenters. The van der Waals surface area contributed by atoms with Crippen molar-refractivity contribution in [3.8, 4) is 11.5 Å². The van der Waals surface area contributed by atoms with Crippen LogP contribution >= 0.6 is 11.6 Å². The Balaban J connectivity index is 2.39. The molecule has 0 aromatic heterocycles. The number of hydrogen-bond acceptors (Lipinski definition) is 4. The number of rotatable bonds is 4. The van der Waals surface area contributed by atoms with Crippen LogP contribution < -0.4 is 4.74 Å². The molecule has 2 aromatic rings. The lowest BCUT2D eigenvalue weighted by atomic mass is 10.1. The van der Waals surface area contributed by atoms with Gasteiger partial charge < -0.3 is 9.84 Å². The monoisotopic (exact) mass is 311 g/mol. The first kappa shape index (κ1) is 15.2. The summed E-state index contributed by atoms with van der Waals surface area (Å²) in [7, 11) is 0. The van der Waals surface area contributed by atoms with Crippen molar-refractivity contribution in [1.82, 2.24) is 0 Å². The topological polar surface area (TPSA) is 72.6 Å². The molecule has 0 aliphatic rings. The van der Waals surface area contributed by atoms with E-state index in [2.05, 4.69) is 0 Å². The van der Waals surface area contributed by atoms with E-state index in [-0.39, 0.29) is 22.2 Å². The molecule has 0 amide bonds. The molecule has 2 rings (SSSR count). The van der Waals surface area contributed by atoms with Gasteiger partial charge in [0.1, 0.15) is 11.6 Å². The zero-order valence-corrected chi connectivity index (χ0v) is 11.7. The lowest BCUT2D eigenvalue weighted by molar-refractivity contribution is -0.385. The fraction of sp³-hybridized carbons (Fsp3) is 0.143. The van der Waals surface area contributed by atoms with Crippen LogP contribution in [0.3, 0.4) is 0 Å². The first-order valence-corrected chi connectivity index (χ1v) is 6.35. The molecule has 0 radical (unpaired) electrons. The Hall–Kier alpha value is -2.18. The second-order valence-corrected chi connectivity index (χ2v) is 4.75. The molecule has 0 aliphatic heterocycles. The Morgan fingerprint density at radius 2 is 2.05 bits per heavy atom. The Morgan fingerprint density at radius 1 is 1.33 bits per heavy atom. The molecule has 0 bridgehead atoms. The lowest BCUT2D eigenvalue weighted by Crippen LogP contribution is -1.97. The van der Waals surface area contributed by atoms with Crippen molar-refractivity contribution in [2.45, 2.75) is 13.0 Å². The lowest BCUT2D eigenvalue weighted by Gasteiger charge is -2.09. The number of hydrogen-bond donors (Lipinski definition) is 1. The highest BCUT2D eigenvalue weighted by Crippen LogP contribution is 2.34. The largest absolute Gasteiger partial charge is 0.450 e. The maximum absolute atomic E-state index is 13.3. The zero-order chi connectivity index (χ0) is 15.6. The molecule has 0 fully saturated rings. The summed E-state index contributed by atoms with van der Waals surface area (Å²) in [6.07, 6.45) is -0.842. The smallest absolute Gasteiger partial charge is 0.311 e.